The summed E-state index contributed by atoms with van der Waals surface area (Å²) in [6.07, 6.45) is 2.59. The Kier molecular flexibility index (Phi) is 4.57. The van der Waals surface area contributed by atoms with E-state index >= 15 is 0 Å². The first-order valence-electron chi connectivity index (χ1n) is 7.02. The number of aryl methyl sites for hydroxylation is 3. The van der Waals surface area contributed by atoms with Gasteiger partial charge in [0.1, 0.15) is 0 Å². The first-order valence-corrected chi connectivity index (χ1v) is 7.02. The van der Waals surface area contributed by atoms with Crippen LogP contribution in [-0.2, 0) is 19.3 Å². The largest absolute Gasteiger partial charge is 0.478 e. The summed E-state index contributed by atoms with van der Waals surface area (Å²) in [5, 5.41) is 9.25. The van der Waals surface area contributed by atoms with E-state index in [1.165, 1.54) is 11.1 Å². The van der Waals surface area contributed by atoms with Gasteiger partial charge in [-0.3, -0.25) is 0 Å². The Labute approximate surface area is 120 Å². The standard InChI is InChI=1S/C18H20O2/c1-3-16-15(9-6-10-17(16)18(19)20)12-11-14-8-5-4-7-13(14)2/h4-10H,3,11-12H2,1-2H3,(H,19,20). The lowest BCUT2D eigenvalue weighted by molar-refractivity contribution is 0.0695. The van der Waals surface area contributed by atoms with Crippen LogP contribution < -0.4 is 0 Å². The number of carboxylic acids is 1. The molecule has 0 radical (unpaired) electrons. The van der Waals surface area contributed by atoms with E-state index in [9.17, 15) is 9.90 Å². The molecule has 104 valence electrons. The van der Waals surface area contributed by atoms with Crippen LogP contribution in [0.3, 0.4) is 0 Å². The highest BCUT2D eigenvalue weighted by Gasteiger charge is 2.12. The second kappa shape index (κ2) is 6.38. The van der Waals surface area contributed by atoms with Crippen molar-refractivity contribution < 1.29 is 9.90 Å². The van der Waals surface area contributed by atoms with E-state index in [2.05, 4.69) is 25.1 Å². The predicted molar refractivity (Wildman–Crippen MR) is 81.4 cm³/mol. The number of carboxylic acid groups (broad SMARTS) is 1. The topological polar surface area (TPSA) is 37.3 Å². The number of carbonyl (C=O) groups is 1. The Balaban J connectivity index is 2.24. The van der Waals surface area contributed by atoms with Gasteiger partial charge in [0.05, 0.1) is 5.56 Å². The summed E-state index contributed by atoms with van der Waals surface area (Å²) in [4.78, 5) is 11.3. The fraction of sp³-hybridized carbons (Fsp3) is 0.278. The minimum Gasteiger partial charge on any atom is -0.478 e. The molecule has 2 aromatic carbocycles. The monoisotopic (exact) mass is 268 g/mol. The maximum Gasteiger partial charge on any atom is 0.335 e. The van der Waals surface area contributed by atoms with E-state index in [1.54, 1.807) is 6.07 Å². The van der Waals surface area contributed by atoms with Gasteiger partial charge in [-0.2, -0.15) is 0 Å². The number of rotatable bonds is 5. The van der Waals surface area contributed by atoms with Gasteiger partial charge in [0.25, 0.3) is 0 Å². The third-order valence-electron chi connectivity index (χ3n) is 3.78. The van der Waals surface area contributed by atoms with Gasteiger partial charge in [-0.15, -0.1) is 0 Å². The zero-order valence-electron chi connectivity index (χ0n) is 12.0. The van der Waals surface area contributed by atoms with Crippen molar-refractivity contribution in [1.82, 2.24) is 0 Å². The summed E-state index contributed by atoms with van der Waals surface area (Å²) < 4.78 is 0. The van der Waals surface area contributed by atoms with Gasteiger partial charge in [0.2, 0.25) is 0 Å². The SMILES string of the molecule is CCc1c(CCc2ccccc2C)cccc1C(=O)O. The molecular formula is C18H20O2. The summed E-state index contributed by atoms with van der Waals surface area (Å²) in [7, 11) is 0. The fourth-order valence-corrected chi connectivity index (χ4v) is 2.65. The highest BCUT2D eigenvalue weighted by molar-refractivity contribution is 5.89. The lowest BCUT2D eigenvalue weighted by Crippen LogP contribution is -2.06. The van der Waals surface area contributed by atoms with Gasteiger partial charge in [0.15, 0.2) is 0 Å². The van der Waals surface area contributed by atoms with Gasteiger partial charge in [-0.1, -0.05) is 43.3 Å². The molecule has 2 rings (SSSR count). The Morgan fingerprint density at radius 1 is 1.00 bits per heavy atom. The Hall–Kier alpha value is -2.09. The molecule has 0 aliphatic rings. The van der Waals surface area contributed by atoms with E-state index in [0.717, 1.165) is 30.4 Å². The molecule has 0 heterocycles. The average molecular weight is 268 g/mol. The van der Waals surface area contributed by atoms with Crippen LogP contribution >= 0.6 is 0 Å². The van der Waals surface area contributed by atoms with Gasteiger partial charge in [0, 0.05) is 0 Å². The normalized spacial score (nSPS) is 10.5. The zero-order valence-corrected chi connectivity index (χ0v) is 12.0. The van der Waals surface area contributed by atoms with Crippen molar-refractivity contribution >= 4 is 5.97 Å². The van der Waals surface area contributed by atoms with Crippen LogP contribution in [0, 0.1) is 6.92 Å². The number of benzene rings is 2. The molecule has 20 heavy (non-hydrogen) atoms. The van der Waals surface area contributed by atoms with Crippen LogP contribution in [0.5, 0.6) is 0 Å². The van der Waals surface area contributed by atoms with E-state index in [0.29, 0.717) is 5.56 Å². The minimum atomic E-state index is -0.834. The summed E-state index contributed by atoms with van der Waals surface area (Å²) in [5.74, 6) is -0.834. The first-order chi connectivity index (χ1) is 9.63. The second-order valence-electron chi connectivity index (χ2n) is 5.03. The molecule has 1 N–H and O–H groups in total. The molecule has 0 amide bonds. The van der Waals surface area contributed by atoms with E-state index in [-0.39, 0.29) is 0 Å². The van der Waals surface area contributed by atoms with Crippen molar-refractivity contribution in [1.29, 1.82) is 0 Å². The van der Waals surface area contributed by atoms with Crippen LogP contribution in [-0.4, -0.2) is 11.1 Å². The van der Waals surface area contributed by atoms with E-state index in [1.807, 2.05) is 25.1 Å². The third kappa shape index (κ3) is 3.08. The van der Waals surface area contributed by atoms with Crippen molar-refractivity contribution in [3.8, 4) is 0 Å². The molecule has 0 aliphatic heterocycles. The molecule has 0 saturated carbocycles. The van der Waals surface area contributed by atoms with Crippen LogP contribution in [0.2, 0.25) is 0 Å². The van der Waals surface area contributed by atoms with Crippen molar-refractivity contribution in [3.05, 3.63) is 70.3 Å². The van der Waals surface area contributed by atoms with Crippen molar-refractivity contribution in [2.24, 2.45) is 0 Å². The fourth-order valence-electron chi connectivity index (χ4n) is 2.65. The van der Waals surface area contributed by atoms with Crippen molar-refractivity contribution in [2.45, 2.75) is 33.1 Å². The molecule has 2 nitrogen and oxygen atoms in total. The van der Waals surface area contributed by atoms with Crippen LogP contribution in [0.4, 0.5) is 0 Å². The number of hydrogen-bond acceptors (Lipinski definition) is 1. The van der Waals surface area contributed by atoms with Gasteiger partial charge in [-0.25, -0.2) is 4.79 Å². The van der Waals surface area contributed by atoms with Crippen LogP contribution in [0.15, 0.2) is 42.5 Å². The molecule has 0 saturated heterocycles. The summed E-state index contributed by atoms with van der Waals surface area (Å²) >= 11 is 0. The van der Waals surface area contributed by atoms with Crippen LogP contribution in [0.1, 0.15) is 39.5 Å². The first kappa shape index (κ1) is 14.3. The Bertz CT molecular complexity index is 615. The molecule has 2 heteroatoms. The maximum atomic E-state index is 11.3. The summed E-state index contributed by atoms with van der Waals surface area (Å²) in [6.45, 7) is 4.13. The zero-order chi connectivity index (χ0) is 14.5. The quantitative estimate of drug-likeness (QED) is 0.888. The molecule has 2 aromatic rings. The molecule has 0 bridgehead atoms. The van der Waals surface area contributed by atoms with Crippen molar-refractivity contribution in [3.63, 3.8) is 0 Å². The molecule has 0 atom stereocenters. The third-order valence-corrected chi connectivity index (χ3v) is 3.78. The van der Waals surface area contributed by atoms with Gasteiger partial charge in [-0.05, 0) is 54.5 Å². The molecule has 0 unspecified atom stereocenters. The highest BCUT2D eigenvalue weighted by atomic mass is 16.4. The summed E-state index contributed by atoms with van der Waals surface area (Å²) in [5.41, 5.74) is 5.18. The van der Waals surface area contributed by atoms with Gasteiger partial charge >= 0.3 is 5.97 Å². The number of hydrogen-bond donors (Lipinski definition) is 1. The lowest BCUT2D eigenvalue weighted by atomic mass is 9.93. The Morgan fingerprint density at radius 2 is 1.65 bits per heavy atom. The smallest absolute Gasteiger partial charge is 0.335 e. The second-order valence-corrected chi connectivity index (χ2v) is 5.03. The van der Waals surface area contributed by atoms with Gasteiger partial charge < -0.3 is 5.11 Å². The minimum absolute atomic E-state index is 0.440. The summed E-state index contributed by atoms with van der Waals surface area (Å²) in [6, 6.07) is 13.9. The maximum absolute atomic E-state index is 11.3. The van der Waals surface area contributed by atoms with E-state index in [4.69, 9.17) is 0 Å². The predicted octanol–water partition coefficient (Wildman–Crippen LogP) is 4.04. The molecule has 0 fully saturated rings. The molecular weight excluding hydrogens is 248 g/mol. The molecule has 0 aliphatic carbocycles. The average Bonchev–Trinajstić information content (AvgIpc) is 2.45. The van der Waals surface area contributed by atoms with E-state index < -0.39 is 5.97 Å². The molecule has 0 spiro atoms. The Morgan fingerprint density at radius 3 is 2.30 bits per heavy atom. The lowest BCUT2D eigenvalue weighted by Gasteiger charge is -2.12. The van der Waals surface area contributed by atoms with Crippen LogP contribution in [0.25, 0.3) is 0 Å². The highest BCUT2D eigenvalue weighted by Crippen LogP contribution is 2.19. The number of aromatic carboxylic acids is 1. The molecule has 0 aromatic heterocycles. The van der Waals surface area contributed by atoms with Crippen molar-refractivity contribution in [2.75, 3.05) is 0 Å².